The molecule has 0 amide bonds. The van der Waals surface area contributed by atoms with Crippen LogP contribution < -0.4 is 0 Å². The van der Waals surface area contributed by atoms with Crippen LogP contribution in [0.15, 0.2) is 41.7 Å². The summed E-state index contributed by atoms with van der Waals surface area (Å²) < 4.78 is 12.9. The molecule has 2 nitrogen and oxygen atoms in total. The van der Waals surface area contributed by atoms with E-state index in [4.69, 9.17) is 9.16 Å². The van der Waals surface area contributed by atoms with E-state index in [0.717, 1.165) is 13.0 Å². The topological polar surface area (TPSA) is 18.5 Å². The van der Waals surface area contributed by atoms with Crippen molar-refractivity contribution in [3.8, 4) is 0 Å². The fraction of sp³-hybridized carbons (Fsp3) is 0.636. The van der Waals surface area contributed by atoms with Gasteiger partial charge in [-0.05, 0) is 75.7 Å². The molecular weight excluding hydrogens is 324 g/mol. The summed E-state index contributed by atoms with van der Waals surface area (Å²) in [6, 6.07) is 10.5. The van der Waals surface area contributed by atoms with Gasteiger partial charge in [-0.2, -0.15) is 0 Å². The third kappa shape index (κ3) is 4.38. The van der Waals surface area contributed by atoms with Crippen LogP contribution in [0.4, 0.5) is 0 Å². The van der Waals surface area contributed by atoms with Crippen molar-refractivity contribution in [3.63, 3.8) is 0 Å². The first-order valence-electron chi connectivity index (χ1n) is 9.83. The van der Waals surface area contributed by atoms with Gasteiger partial charge in [-0.15, -0.1) is 0 Å². The Kier molecular flexibility index (Phi) is 5.45. The third-order valence-electron chi connectivity index (χ3n) is 5.95. The number of allylic oxidation sites excluding steroid dienone is 2. The molecule has 25 heavy (non-hydrogen) atoms. The van der Waals surface area contributed by atoms with Gasteiger partial charge < -0.3 is 9.16 Å². The lowest BCUT2D eigenvalue weighted by Crippen LogP contribution is -2.44. The van der Waals surface area contributed by atoms with Gasteiger partial charge in [0, 0.05) is 5.41 Å². The average Bonchev–Trinajstić information content (AvgIpc) is 2.56. The Labute approximate surface area is 154 Å². The van der Waals surface area contributed by atoms with Crippen molar-refractivity contribution in [3.05, 3.63) is 47.2 Å². The van der Waals surface area contributed by atoms with E-state index in [-0.39, 0.29) is 5.41 Å². The van der Waals surface area contributed by atoms with Gasteiger partial charge in [0.05, 0.1) is 18.5 Å². The lowest BCUT2D eigenvalue weighted by molar-refractivity contribution is -0.0434. The zero-order valence-electron chi connectivity index (χ0n) is 16.6. The van der Waals surface area contributed by atoms with Crippen LogP contribution in [-0.4, -0.2) is 14.4 Å². The van der Waals surface area contributed by atoms with Crippen molar-refractivity contribution in [2.75, 3.05) is 0 Å². The maximum atomic E-state index is 6.61. The summed E-state index contributed by atoms with van der Waals surface area (Å²) in [6.45, 7) is 12.4. The minimum Gasteiger partial charge on any atom is -0.547 e. The normalized spacial score (nSPS) is 30.1. The number of ether oxygens (including phenoxy) is 1. The van der Waals surface area contributed by atoms with Gasteiger partial charge in [0.25, 0.3) is 0 Å². The summed E-state index contributed by atoms with van der Waals surface area (Å²) in [5, 5.41) is 0. The minimum atomic E-state index is -1.58. The van der Waals surface area contributed by atoms with E-state index < -0.39 is 8.32 Å². The number of rotatable bonds is 5. The second-order valence-corrected chi connectivity index (χ2v) is 13.6. The molecule has 0 aliphatic heterocycles. The largest absolute Gasteiger partial charge is 0.547 e. The second-order valence-electron chi connectivity index (χ2n) is 9.17. The molecule has 2 aliphatic rings. The number of benzene rings is 1. The highest BCUT2D eigenvalue weighted by atomic mass is 28.4. The van der Waals surface area contributed by atoms with E-state index in [1.807, 2.05) is 0 Å². The second kappa shape index (κ2) is 7.28. The summed E-state index contributed by atoms with van der Waals surface area (Å²) in [6.07, 6.45) is 6.37. The average molecular weight is 359 g/mol. The van der Waals surface area contributed by atoms with Crippen LogP contribution in [0.25, 0.3) is 0 Å². The molecule has 1 aromatic rings. The summed E-state index contributed by atoms with van der Waals surface area (Å²) in [5.41, 5.74) is 2.98. The molecule has 1 aromatic carbocycles. The fourth-order valence-corrected chi connectivity index (χ4v) is 5.56. The van der Waals surface area contributed by atoms with Crippen LogP contribution in [0.5, 0.6) is 0 Å². The molecule has 0 spiro atoms. The first-order valence-corrected chi connectivity index (χ1v) is 13.2. The SMILES string of the molecule is CC1=C(O[Si](C)(C)C)[C@@]2(C)CC[C@H](OCc3ccccc3)C[C@@H]2CC1. The summed E-state index contributed by atoms with van der Waals surface area (Å²) in [4.78, 5) is 0. The predicted octanol–water partition coefficient (Wildman–Crippen LogP) is 6.30. The Hall–Kier alpha value is -1.06. The van der Waals surface area contributed by atoms with Gasteiger partial charge in [-0.3, -0.25) is 0 Å². The number of hydrogen-bond donors (Lipinski definition) is 0. The van der Waals surface area contributed by atoms with Crippen LogP contribution in [0, 0.1) is 11.3 Å². The van der Waals surface area contributed by atoms with E-state index in [1.165, 1.54) is 42.6 Å². The van der Waals surface area contributed by atoms with E-state index in [1.54, 1.807) is 0 Å². The van der Waals surface area contributed by atoms with Crippen molar-refractivity contribution in [2.24, 2.45) is 11.3 Å². The maximum Gasteiger partial charge on any atom is 0.241 e. The Morgan fingerprint density at radius 2 is 1.84 bits per heavy atom. The molecular formula is C22H34O2Si. The van der Waals surface area contributed by atoms with Crippen molar-refractivity contribution >= 4 is 8.32 Å². The Morgan fingerprint density at radius 1 is 1.12 bits per heavy atom. The number of hydrogen-bond acceptors (Lipinski definition) is 2. The van der Waals surface area contributed by atoms with Gasteiger partial charge in [0.1, 0.15) is 0 Å². The highest BCUT2D eigenvalue weighted by molar-refractivity contribution is 6.70. The molecule has 0 radical (unpaired) electrons. The van der Waals surface area contributed by atoms with E-state index in [2.05, 4.69) is 63.8 Å². The summed E-state index contributed by atoms with van der Waals surface area (Å²) in [5.74, 6) is 2.03. The fourth-order valence-electron chi connectivity index (χ4n) is 4.54. The van der Waals surface area contributed by atoms with E-state index >= 15 is 0 Å². The smallest absolute Gasteiger partial charge is 0.241 e. The van der Waals surface area contributed by atoms with Crippen molar-refractivity contribution in [1.29, 1.82) is 0 Å². The first kappa shape index (κ1) is 18.7. The zero-order chi connectivity index (χ0) is 18.1. The highest BCUT2D eigenvalue weighted by Gasteiger charge is 2.47. The first-order chi connectivity index (χ1) is 11.8. The van der Waals surface area contributed by atoms with Crippen LogP contribution in [0.3, 0.4) is 0 Å². The van der Waals surface area contributed by atoms with Crippen molar-refractivity contribution < 1.29 is 9.16 Å². The third-order valence-corrected chi connectivity index (χ3v) is 6.76. The van der Waals surface area contributed by atoms with Gasteiger partial charge in [0.2, 0.25) is 8.32 Å². The van der Waals surface area contributed by atoms with Gasteiger partial charge >= 0.3 is 0 Å². The Bertz CT molecular complexity index is 617. The molecule has 0 N–H and O–H groups in total. The molecule has 0 aromatic heterocycles. The van der Waals surface area contributed by atoms with Crippen molar-refractivity contribution in [1.82, 2.24) is 0 Å². The zero-order valence-corrected chi connectivity index (χ0v) is 17.6. The van der Waals surface area contributed by atoms with Crippen molar-refractivity contribution in [2.45, 2.75) is 78.3 Å². The highest BCUT2D eigenvalue weighted by Crippen LogP contribution is 2.54. The minimum absolute atomic E-state index is 0.217. The Balaban J connectivity index is 1.66. The number of fused-ring (bicyclic) bond motifs is 1. The molecule has 138 valence electrons. The molecule has 0 unspecified atom stereocenters. The van der Waals surface area contributed by atoms with Crippen LogP contribution in [0.1, 0.15) is 51.5 Å². The lowest BCUT2D eigenvalue weighted by atomic mass is 9.60. The lowest BCUT2D eigenvalue weighted by Gasteiger charge is -2.50. The molecule has 3 heteroatoms. The summed E-state index contributed by atoms with van der Waals surface area (Å²) >= 11 is 0. The molecule has 3 rings (SSSR count). The predicted molar refractivity (Wildman–Crippen MR) is 107 cm³/mol. The molecule has 1 saturated carbocycles. The van der Waals surface area contributed by atoms with Crippen LogP contribution >= 0.6 is 0 Å². The molecule has 1 fully saturated rings. The standard InChI is InChI=1S/C22H34O2Si/c1-17-11-12-19-15-20(23-16-18-9-7-6-8-10-18)13-14-22(19,2)21(17)24-25(3,4)5/h6-10,19-20H,11-16H2,1-5H3/t19-,20-,22-/m0/s1. The Morgan fingerprint density at radius 3 is 2.52 bits per heavy atom. The van der Waals surface area contributed by atoms with E-state index in [0.29, 0.717) is 12.0 Å². The molecule has 0 saturated heterocycles. The monoisotopic (exact) mass is 358 g/mol. The molecule has 0 heterocycles. The maximum absolute atomic E-state index is 6.61. The summed E-state index contributed by atoms with van der Waals surface area (Å²) in [7, 11) is -1.58. The van der Waals surface area contributed by atoms with Gasteiger partial charge in [-0.1, -0.05) is 37.3 Å². The van der Waals surface area contributed by atoms with Gasteiger partial charge in [0.15, 0.2) is 0 Å². The van der Waals surface area contributed by atoms with Gasteiger partial charge in [-0.25, -0.2) is 0 Å². The molecule has 0 bridgehead atoms. The quantitative estimate of drug-likeness (QED) is 0.575. The molecule has 2 aliphatic carbocycles. The molecule has 3 atom stereocenters. The van der Waals surface area contributed by atoms with Crippen LogP contribution in [0.2, 0.25) is 19.6 Å². The van der Waals surface area contributed by atoms with E-state index in [9.17, 15) is 0 Å². The van der Waals surface area contributed by atoms with Crippen LogP contribution in [-0.2, 0) is 15.8 Å².